The lowest BCUT2D eigenvalue weighted by atomic mass is 10.2. The molecule has 0 saturated heterocycles. The molecule has 1 heterocycles. The normalized spacial score (nSPS) is 10.2. The number of benzene rings is 1. The molecule has 2 rings (SSSR count). The molecule has 0 amide bonds. The highest BCUT2D eigenvalue weighted by atomic mass is 35.5. The Labute approximate surface area is 121 Å². The number of nitrogens with one attached hydrogen (secondary N) is 2. The van der Waals surface area contributed by atoms with E-state index in [1.807, 2.05) is 12.1 Å². The zero-order valence-electron chi connectivity index (χ0n) is 10.9. The van der Waals surface area contributed by atoms with Crippen molar-refractivity contribution in [2.24, 2.45) is 5.84 Å². The molecule has 0 fully saturated rings. The molecule has 8 heteroatoms. The maximum Gasteiger partial charge on any atom is 0.223 e. The predicted molar refractivity (Wildman–Crippen MR) is 79.6 cm³/mol. The molecular weight excluding hydrogens is 280 g/mol. The summed E-state index contributed by atoms with van der Waals surface area (Å²) in [6.45, 7) is 0.434. The molecule has 6 N–H and O–H groups in total. The van der Waals surface area contributed by atoms with Crippen molar-refractivity contribution in [2.75, 3.05) is 23.6 Å². The van der Waals surface area contributed by atoms with Crippen LogP contribution in [0, 0.1) is 0 Å². The molecule has 2 aromatic rings. The molecule has 0 bridgehead atoms. The van der Waals surface area contributed by atoms with Gasteiger partial charge >= 0.3 is 0 Å². The van der Waals surface area contributed by atoms with Crippen LogP contribution in [0.15, 0.2) is 24.3 Å². The molecule has 106 valence electrons. The van der Waals surface area contributed by atoms with E-state index in [0.29, 0.717) is 29.0 Å². The Kier molecular flexibility index (Phi) is 4.44. The Bertz CT molecular complexity index is 606. The summed E-state index contributed by atoms with van der Waals surface area (Å²) in [4.78, 5) is 7.96. The Morgan fingerprint density at radius 3 is 2.75 bits per heavy atom. The van der Waals surface area contributed by atoms with Gasteiger partial charge in [0, 0.05) is 23.2 Å². The second-order valence-electron chi connectivity index (χ2n) is 3.92. The number of halogens is 1. The Balaban J connectivity index is 2.19. The summed E-state index contributed by atoms with van der Waals surface area (Å²) in [5, 5.41) is 3.71. The van der Waals surface area contributed by atoms with Crippen molar-refractivity contribution < 1.29 is 4.74 Å². The first-order valence-corrected chi connectivity index (χ1v) is 6.18. The summed E-state index contributed by atoms with van der Waals surface area (Å²) < 4.78 is 5.27. The van der Waals surface area contributed by atoms with E-state index in [2.05, 4.69) is 20.7 Å². The quantitative estimate of drug-likeness (QED) is 0.490. The van der Waals surface area contributed by atoms with Crippen LogP contribution in [0.3, 0.4) is 0 Å². The average Bonchev–Trinajstić information content (AvgIpc) is 2.45. The summed E-state index contributed by atoms with van der Waals surface area (Å²) in [7, 11) is 1.59. The highest BCUT2D eigenvalue weighted by molar-refractivity contribution is 6.31. The van der Waals surface area contributed by atoms with Crippen LogP contribution in [0.4, 0.5) is 17.6 Å². The molecule has 0 spiro atoms. The number of hydrogen-bond donors (Lipinski definition) is 4. The molecule has 0 aliphatic heterocycles. The van der Waals surface area contributed by atoms with Gasteiger partial charge in [0.25, 0.3) is 0 Å². The van der Waals surface area contributed by atoms with Gasteiger partial charge in [0.15, 0.2) is 0 Å². The second-order valence-corrected chi connectivity index (χ2v) is 4.32. The van der Waals surface area contributed by atoms with Crippen molar-refractivity contribution in [3.8, 4) is 5.75 Å². The van der Waals surface area contributed by atoms with E-state index in [0.717, 1.165) is 5.56 Å². The van der Waals surface area contributed by atoms with Gasteiger partial charge < -0.3 is 21.2 Å². The first-order valence-electron chi connectivity index (χ1n) is 5.80. The zero-order valence-corrected chi connectivity index (χ0v) is 11.6. The SMILES string of the molecule is COc1cccc(Cl)c1CNc1cc(NN)nc(N)n1. The van der Waals surface area contributed by atoms with Gasteiger partial charge in [-0.3, -0.25) is 0 Å². The van der Waals surface area contributed by atoms with E-state index in [9.17, 15) is 0 Å². The average molecular weight is 295 g/mol. The number of hydrazine groups is 1. The number of nitrogens with two attached hydrogens (primary N) is 2. The summed E-state index contributed by atoms with van der Waals surface area (Å²) in [5.74, 6) is 7.07. The van der Waals surface area contributed by atoms with Gasteiger partial charge in [0.1, 0.15) is 17.4 Å². The maximum atomic E-state index is 6.15. The van der Waals surface area contributed by atoms with Crippen LogP contribution in [0.1, 0.15) is 5.56 Å². The van der Waals surface area contributed by atoms with E-state index >= 15 is 0 Å². The third-order valence-electron chi connectivity index (χ3n) is 2.63. The van der Waals surface area contributed by atoms with Crippen molar-refractivity contribution in [1.82, 2.24) is 9.97 Å². The number of aromatic nitrogens is 2. The van der Waals surface area contributed by atoms with Gasteiger partial charge in [-0.1, -0.05) is 17.7 Å². The number of hydrogen-bond acceptors (Lipinski definition) is 7. The minimum atomic E-state index is 0.120. The summed E-state index contributed by atoms with van der Waals surface area (Å²) in [6, 6.07) is 7.09. The van der Waals surface area contributed by atoms with Crippen LogP contribution in [-0.4, -0.2) is 17.1 Å². The third kappa shape index (κ3) is 3.19. The Morgan fingerprint density at radius 1 is 1.30 bits per heavy atom. The van der Waals surface area contributed by atoms with Gasteiger partial charge in [-0.05, 0) is 12.1 Å². The van der Waals surface area contributed by atoms with Crippen LogP contribution in [0.2, 0.25) is 5.02 Å². The molecular formula is C12H15ClN6O. The topological polar surface area (TPSA) is 111 Å². The van der Waals surface area contributed by atoms with Crippen LogP contribution < -0.4 is 27.1 Å². The largest absolute Gasteiger partial charge is 0.496 e. The van der Waals surface area contributed by atoms with E-state index < -0.39 is 0 Å². The molecule has 0 saturated carbocycles. The first kappa shape index (κ1) is 14.2. The minimum absolute atomic E-state index is 0.120. The fourth-order valence-corrected chi connectivity index (χ4v) is 1.94. The highest BCUT2D eigenvalue weighted by Crippen LogP contribution is 2.27. The van der Waals surface area contributed by atoms with Crippen molar-refractivity contribution in [3.05, 3.63) is 34.9 Å². The monoisotopic (exact) mass is 294 g/mol. The fourth-order valence-electron chi connectivity index (χ4n) is 1.71. The lowest BCUT2D eigenvalue weighted by Gasteiger charge is -2.12. The molecule has 0 unspecified atom stereocenters. The molecule has 0 radical (unpaired) electrons. The number of anilines is 3. The fraction of sp³-hybridized carbons (Fsp3) is 0.167. The number of methoxy groups -OCH3 is 1. The van der Waals surface area contributed by atoms with Crippen LogP contribution in [-0.2, 0) is 6.54 Å². The summed E-state index contributed by atoms with van der Waals surface area (Å²) in [5.41, 5.74) is 8.83. The second kappa shape index (κ2) is 6.27. The van der Waals surface area contributed by atoms with Gasteiger partial charge in [-0.25, -0.2) is 5.84 Å². The molecule has 7 nitrogen and oxygen atoms in total. The van der Waals surface area contributed by atoms with Gasteiger partial charge in [0.2, 0.25) is 5.95 Å². The lowest BCUT2D eigenvalue weighted by molar-refractivity contribution is 0.410. The smallest absolute Gasteiger partial charge is 0.223 e. The molecule has 1 aromatic carbocycles. The zero-order chi connectivity index (χ0) is 14.5. The van der Waals surface area contributed by atoms with Crippen LogP contribution in [0.25, 0.3) is 0 Å². The highest BCUT2D eigenvalue weighted by Gasteiger charge is 2.08. The molecule has 0 aliphatic carbocycles. The molecule has 0 atom stereocenters. The standard InChI is InChI=1S/C12H15ClN6O/c1-20-9-4-2-3-8(13)7(9)6-16-10-5-11(19-15)18-12(14)17-10/h2-5H,6,15H2,1H3,(H4,14,16,17,18,19). The number of nitrogen functional groups attached to an aromatic ring is 2. The third-order valence-corrected chi connectivity index (χ3v) is 2.99. The van der Waals surface area contributed by atoms with E-state index in [4.69, 9.17) is 27.9 Å². The maximum absolute atomic E-state index is 6.15. The van der Waals surface area contributed by atoms with Crippen molar-refractivity contribution in [2.45, 2.75) is 6.54 Å². The van der Waals surface area contributed by atoms with Crippen molar-refractivity contribution in [1.29, 1.82) is 0 Å². The molecule has 0 aliphatic rings. The van der Waals surface area contributed by atoms with Crippen molar-refractivity contribution in [3.63, 3.8) is 0 Å². The number of nitrogens with zero attached hydrogens (tertiary/aromatic N) is 2. The van der Waals surface area contributed by atoms with Crippen LogP contribution >= 0.6 is 11.6 Å². The van der Waals surface area contributed by atoms with E-state index in [1.165, 1.54) is 0 Å². The van der Waals surface area contributed by atoms with Crippen molar-refractivity contribution >= 4 is 29.2 Å². The Morgan fingerprint density at radius 2 is 2.05 bits per heavy atom. The molecule has 20 heavy (non-hydrogen) atoms. The van der Waals surface area contributed by atoms with Gasteiger partial charge in [0.05, 0.1) is 7.11 Å². The molecule has 1 aromatic heterocycles. The van der Waals surface area contributed by atoms with E-state index in [-0.39, 0.29) is 5.95 Å². The minimum Gasteiger partial charge on any atom is -0.496 e. The van der Waals surface area contributed by atoms with Gasteiger partial charge in [-0.2, -0.15) is 9.97 Å². The Hall–Kier alpha value is -2.25. The number of rotatable bonds is 5. The lowest BCUT2D eigenvalue weighted by Crippen LogP contribution is -2.12. The summed E-state index contributed by atoms with van der Waals surface area (Å²) >= 11 is 6.15. The van der Waals surface area contributed by atoms with E-state index in [1.54, 1.807) is 19.2 Å². The first-order chi connectivity index (χ1) is 9.63. The number of ether oxygens (including phenoxy) is 1. The van der Waals surface area contributed by atoms with Crippen LogP contribution in [0.5, 0.6) is 5.75 Å². The summed E-state index contributed by atoms with van der Waals surface area (Å²) in [6.07, 6.45) is 0. The van der Waals surface area contributed by atoms with Gasteiger partial charge in [-0.15, -0.1) is 0 Å². The predicted octanol–water partition coefficient (Wildman–Crippen LogP) is 1.62.